The lowest BCUT2D eigenvalue weighted by molar-refractivity contribution is 0.670. The van der Waals surface area contributed by atoms with Gasteiger partial charge in [0.05, 0.1) is 0 Å². The van der Waals surface area contributed by atoms with Gasteiger partial charge in [0.25, 0.3) is 0 Å². The first-order valence-electron chi connectivity index (χ1n) is 17.9. The van der Waals surface area contributed by atoms with Crippen LogP contribution >= 0.6 is 0 Å². The molecule has 0 spiro atoms. The van der Waals surface area contributed by atoms with Crippen LogP contribution < -0.4 is 0 Å². The second kappa shape index (κ2) is 11.7. The first-order chi connectivity index (χ1) is 26.2. The smallest absolute Gasteiger partial charge is 0.164 e. The Labute approximate surface area is 304 Å². The summed E-state index contributed by atoms with van der Waals surface area (Å²) in [6.07, 6.45) is 0. The summed E-state index contributed by atoms with van der Waals surface area (Å²) in [6, 6.07) is 61.6. The largest absolute Gasteiger partial charge is 0.455 e. The van der Waals surface area contributed by atoms with Gasteiger partial charge in [-0.2, -0.15) is 0 Å². The van der Waals surface area contributed by atoms with Gasteiger partial charge < -0.3 is 4.42 Å². The van der Waals surface area contributed by atoms with Gasteiger partial charge in [-0.1, -0.05) is 146 Å². The Morgan fingerprint density at radius 2 is 0.887 bits per heavy atom. The zero-order chi connectivity index (χ0) is 34.9. The van der Waals surface area contributed by atoms with Crippen molar-refractivity contribution in [3.05, 3.63) is 176 Å². The van der Waals surface area contributed by atoms with E-state index in [9.17, 15) is 0 Å². The van der Waals surface area contributed by atoms with Gasteiger partial charge in [0, 0.05) is 33.0 Å². The van der Waals surface area contributed by atoms with E-state index in [1.165, 1.54) is 26.9 Å². The highest BCUT2D eigenvalue weighted by molar-refractivity contribution is 6.17. The normalized spacial score (nSPS) is 11.8. The fraction of sp³-hybridized carbons (Fsp3) is 0. The zero-order valence-electron chi connectivity index (χ0n) is 28.5. The van der Waals surface area contributed by atoms with Crippen LogP contribution in [0, 0.1) is 0 Å². The van der Waals surface area contributed by atoms with Crippen molar-refractivity contribution < 1.29 is 4.42 Å². The van der Waals surface area contributed by atoms with E-state index in [0.29, 0.717) is 17.5 Å². The van der Waals surface area contributed by atoms with Crippen LogP contribution in [0.1, 0.15) is 0 Å². The van der Waals surface area contributed by atoms with Crippen LogP contribution in [0.2, 0.25) is 0 Å². The van der Waals surface area contributed by atoms with Crippen LogP contribution in [0.3, 0.4) is 0 Å². The molecule has 11 rings (SSSR count). The Morgan fingerprint density at radius 1 is 0.321 bits per heavy atom. The highest BCUT2D eigenvalue weighted by Gasteiger charge is 2.21. The zero-order valence-corrected chi connectivity index (χ0v) is 28.5. The van der Waals surface area contributed by atoms with Crippen LogP contribution in [-0.4, -0.2) is 15.0 Å². The molecule has 0 bridgehead atoms. The van der Waals surface area contributed by atoms with E-state index in [0.717, 1.165) is 65.9 Å². The SMILES string of the molecule is c1ccc2cc(-c3nc(-c4cccc5ccccc45)nc(-c4ccc(-c5ccc6ccc7ccccc7c6c5)c5oc6ccccc6c45)n3)ccc2c1. The summed E-state index contributed by atoms with van der Waals surface area (Å²) in [5.41, 5.74) is 6.53. The van der Waals surface area contributed by atoms with Crippen molar-refractivity contribution >= 4 is 65.0 Å². The van der Waals surface area contributed by atoms with Crippen molar-refractivity contribution in [2.24, 2.45) is 0 Å². The van der Waals surface area contributed by atoms with Crippen LogP contribution in [0.25, 0.3) is 110 Å². The lowest BCUT2D eigenvalue weighted by atomic mass is 9.94. The minimum absolute atomic E-state index is 0.596. The predicted octanol–water partition coefficient (Wildman–Crippen LogP) is 13.1. The molecule has 0 aliphatic rings. The molecule has 0 aliphatic carbocycles. The Bertz CT molecular complexity index is 3250. The summed E-state index contributed by atoms with van der Waals surface area (Å²) in [7, 11) is 0. The molecule has 11 aromatic rings. The van der Waals surface area contributed by atoms with E-state index in [1.54, 1.807) is 0 Å². The average Bonchev–Trinajstić information content (AvgIpc) is 3.62. The molecule has 4 heteroatoms. The number of furan rings is 1. The van der Waals surface area contributed by atoms with Crippen LogP contribution in [0.5, 0.6) is 0 Å². The van der Waals surface area contributed by atoms with E-state index in [1.807, 2.05) is 12.1 Å². The molecule has 246 valence electrons. The molecule has 0 saturated heterocycles. The van der Waals surface area contributed by atoms with Gasteiger partial charge in [0.1, 0.15) is 11.2 Å². The Morgan fingerprint density at radius 3 is 1.74 bits per heavy atom. The predicted molar refractivity (Wildman–Crippen MR) is 219 cm³/mol. The van der Waals surface area contributed by atoms with Crippen molar-refractivity contribution in [3.8, 4) is 45.3 Å². The van der Waals surface area contributed by atoms with E-state index in [2.05, 4.69) is 164 Å². The third-order valence-electron chi connectivity index (χ3n) is 10.5. The van der Waals surface area contributed by atoms with E-state index >= 15 is 0 Å². The molecule has 0 radical (unpaired) electrons. The van der Waals surface area contributed by atoms with Crippen molar-refractivity contribution in [3.63, 3.8) is 0 Å². The Kier molecular flexibility index (Phi) is 6.52. The number of benzene rings is 9. The monoisotopic (exact) mass is 675 g/mol. The fourth-order valence-corrected chi connectivity index (χ4v) is 7.91. The summed E-state index contributed by atoms with van der Waals surface area (Å²) < 4.78 is 6.76. The summed E-state index contributed by atoms with van der Waals surface area (Å²) >= 11 is 0. The molecule has 2 aromatic heterocycles. The minimum atomic E-state index is 0.596. The summed E-state index contributed by atoms with van der Waals surface area (Å²) in [5.74, 6) is 1.84. The standard InChI is InChI=1S/C49H29N3O/c1-2-13-34-28-36(25-20-30(34)10-1)47-50-48(40-18-9-14-31-11-3-5-15-37(31)40)52-49(51-47)42-27-26-39(46-45(42)41-17-7-8-19-44(41)53-46)35-24-23-33-22-21-32-12-4-6-16-38(32)43(33)29-35/h1-29H. The van der Waals surface area contributed by atoms with Crippen LogP contribution in [0.15, 0.2) is 180 Å². The van der Waals surface area contributed by atoms with Crippen molar-refractivity contribution in [1.82, 2.24) is 15.0 Å². The third kappa shape index (κ3) is 4.80. The molecule has 0 unspecified atom stereocenters. The topological polar surface area (TPSA) is 51.8 Å². The highest BCUT2D eigenvalue weighted by atomic mass is 16.3. The molecular weight excluding hydrogens is 647 g/mol. The van der Waals surface area contributed by atoms with Crippen molar-refractivity contribution in [2.75, 3.05) is 0 Å². The quantitative estimate of drug-likeness (QED) is 0.174. The summed E-state index contributed by atoms with van der Waals surface area (Å²) in [5, 5.41) is 11.4. The molecule has 0 N–H and O–H groups in total. The van der Waals surface area contributed by atoms with Gasteiger partial charge in [-0.05, 0) is 79.0 Å². The second-order valence-corrected chi connectivity index (χ2v) is 13.6. The van der Waals surface area contributed by atoms with Gasteiger partial charge in [-0.3, -0.25) is 0 Å². The van der Waals surface area contributed by atoms with Gasteiger partial charge in [-0.15, -0.1) is 0 Å². The third-order valence-corrected chi connectivity index (χ3v) is 10.5. The molecular formula is C49H29N3O. The maximum atomic E-state index is 6.76. The van der Waals surface area contributed by atoms with Crippen LogP contribution in [-0.2, 0) is 0 Å². The highest BCUT2D eigenvalue weighted by Crippen LogP contribution is 2.43. The molecule has 53 heavy (non-hydrogen) atoms. The summed E-state index contributed by atoms with van der Waals surface area (Å²) in [4.78, 5) is 15.7. The molecule has 0 atom stereocenters. The fourth-order valence-electron chi connectivity index (χ4n) is 7.91. The van der Waals surface area contributed by atoms with E-state index in [-0.39, 0.29) is 0 Å². The molecule has 0 fully saturated rings. The first kappa shape index (κ1) is 29.5. The van der Waals surface area contributed by atoms with Gasteiger partial charge in [0.2, 0.25) is 0 Å². The molecule has 2 heterocycles. The van der Waals surface area contributed by atoms with E-state index < -0.39 is 0 Å². The molecule has 0 saturated carbocycles. The number of rotatable bonds is 4. The molecule has 9 aromatic carbocycles. The molecule has 0 amide bonds. The summed E-state index contributed by atoms with van der Waals surface area (Å²) in [6.45, 7) is 0. The first-order valence-corrected chi connectivity index (χ1v) is 17.9. The number of para-hydroxylation sites is 1. The lowest BCUT2D eigenvalue weighted by Crippen LogP contribution is -2.01. The number of nitrogens with zero attached hydrogens (tertiary/aromatic N) is 3. The van der Waals surface area contributed by atoms with Crippen molar-refractivity contribution in [2.45, 2.75) is 0 Å². The maximum absolute atomic E-state index is 6.76. The minimum Gasteiger partial charge on any atom is -0.455 e. The average molecular weight is 676 g/mol. The van der Waals surface area contributed by atoms with E-state index in [4.69, 9.17) is 19.4 Å². The molecule has 4 nitrogen and oxygen atoms in total. The number of hydrogen-bond acceptors (Lipinski definition) is 4. The maximum Gasteiger partial charge on any atom is 0.164 e. The second-order valence-electron chi connectivity index (χ2n) is 13.6. The number of aromatic nitrogens is 3. The lowest BCUT2D eigenvalue weighted by Gasteiger charge is -2.12. The Balaban J connectivity index is 1.18. The number of hydrogen-bond donors (Lipinski definition) is 0. The Hall–Kier alpha value is -7.17. The number of fused-ring (bicyclic) bond motifs is 8. The van der Waals surface area contributed by atoms with Gasteiger partial charge >= 0.3 is 0 Å². The van der Waals surface area contributed by atoms with Gasteiger partial charge in [-0.25, -0.2) is 15.0 Å². The van der Waals surface area contributed by atoms with Gasteiger partial charge in [0.15, 0.2) is 17.5 Å². The molecule has 0 aliphatic heterocycles. The van der Waals surface area contributed by atoms with Crippen LogP contribution in [0.4, 0.5) is 0 Å². The van der Waals surface area contributed by atoms with Crippen molar-refractivity contribution in [1.29, 1.82) is 0 Å².